The van der Waals surface area contributed by atoms with Gasteiger partial charge in [0.1, 0.15) is 5.69 Å². The molecule has 160 valence electrons. The fourth-order valence-electron chi connectivity index (χ4n) is 4.08. The average molecular weight is 418 g/mol. The summed E-state index contributed by atoms with van der Waals surface area (Å²) in [4.78, 5) is 41.7. The van der Waals surface area contributed by atoms with E-state index in [2.05, 4.69) is 15.6 Å². The third-order valence-corrected chi connectivity index (χ3v) is 5.78. The first kappa shape index (κ1) is 20.8. The summed E-state index contributed by atoms with van der Waals surface area (Å²) in [6.07, 6.45) is 4.40. The molecule has 1 fully saturated rings. The third-order valence-electron chi connectivity index (χ3n) is 5.78. The van der Waals surface area contributed by atoms with Crippen molar-refractivity contribution in [3.63, 3.8) is 0 Å². The number of hydrogen-bond donors (Lipinski definition) is 2. The van der Waals surface area contributed by atoms with Crippen molar-refractivity contribution < 1.29 is 9.59 Å². The first-order valence-corrected chi connectivity index (χ1v) is 10.7. The summed E-state index contributed by atoms with van der Waals surface area (Å²) in [5.74, 6) is -0.360. The van der Waals surface area contributed by atoms with Gasteiger partial charge in [-0.15, -0.1) is 0 Å². The van der Waals surface area contributed by atoms with Gasteiger partial charge in [-0.2, -0.15) is 0 Å². The summed E-state index contributed by atoms with van der Waals surface area (Å²) < 4.78 is 1.65. The average Bonchev–Trinajstić information content (AvgIpc) is 3.28. The lowest BCUT2D eigenvalue weighted by Gasteiger charge is -2.12. The van der Waals surface area contributed by atoms with Crippen molar-refractivity contribution in [3.8, 4) is 0 Å². The van der Waals surface area contributed by atoms with Gasteiger partial charge in [0.25, 0.3) is 17.4 Å². The standard InChI is InChI=1S/C24H26N4O3/c1-3-28-21-13-10-17(14-20(21)25-15(2)24(28)31)23(30)27-19-11-8-16(9-12-19)22(29)26-18-6-4-5-7-18/h8-14,18H,3-7H2,1-2H3,(H,26,29)(H,27,30). The highest BCUT2D eigenvalue weighted by molar-refractivity contribution is 6.06. The molecule has 1 saturated carbocycles. The van der Waals surface area contributed by atoms with Crippen LogP contribution in [-0.4, -0.2) is 27.4 Å². The van der Waals surface area contributed by atoms with Crippen LogP contribution in [0.25, 0.3) is 11.0 Å². The van der Waals surface area contributed by atoms with Gasteiger partial charge in [0.2, 0.25) is 0 Å². The highest BCUT2D eigenvalue weighted by Crippen LogP contribution is 2.19. The van der Waals surface area contributed by atoms with Gasteiger partial charge in [-0.1, -0.05) is 12.8 Å². The molecule has 1 aliphatic rings. The highest BCUT2D eigenvalue weighted by Gasteiger charge is 2.18. The van der Waals surface area contributed by atoms with Gasteiger partial charge in [-0.05, 0) is 69.2 Å². The van der Waals surface area contributed by atoms with Crippen molar-refractivity contribution in [1.82, 2.24) is 14.9 Å². The van der Waals surface area contributed by atoms with Crippen LogP contribution in [-0.2, 0) is 6.54 Å². The number of carbonyl (C=O) groups is 2. The van der Waals surface area contributed by atoms with E-state index in [0.29, 0.717) is 40.1 Å². The molecule has 4 rings (SSSR count). The molecule has 0 aliphatic heterocycles. The van der Waals surface area contributed by atoms with E-state index in [1.165, 1.54) is 0 Å². The summed E-state index contributed by atoms with van der Waals surface area (Å²) in [5.41, 5.74) is 3.21. The van der Waals surface area contributed by atoms with Crippen LogP contribution in [0.2, 0.25) is 0 Å². The number of carbonyl (C=O) groups excluding carboxylic acids is 2. The maximum Gasteiger partial charge on any atom is 0.272 e. The fraction of sp³-hybridized carbons (Fsp3) is 0.333. The predicted octanol–water partition coefficient (Wildman–Crippen LogP) is 3.65. The zero-order valence-corrected chi connectivity index (χ0v) is 17.8. The molecule has 1 aliphatic carbocycles. The molecule has 1 heterocycles. The molecular formula is C24H26N4O3. The van der Waals surface area contributed by atoms with Crippen molar-refractivity contribution in [2.75, 3.05) is 5.32 Å². The van der Waals surface area contributed by atoms with Gasteiger partial charge in [0.15, 0.2) is 0 Å². The Balaban J connectivity index is 1.48. The molecule has 0 spiro atoms. The first-order chi connectivity index (χ1) is 15.0. The van der Waals surface area contributed by atoms with Gasteiger partial charge in [-0.3, -0.25) is 14.4 Å². The lowest BCUT2D eigenvalue weighted by molar-refractivity contribution is 0.0937. The van der Waals surface area contributed by atoms with Gasteiger partial charge >= 0.3 is 0 Å². The topological polar surface area (TPSA) is 93.1 Å². The number of anilines is 1. The van der Waals surface area contributed by atoms with Crippen LogP contribution in [0, 0.1) is 6.92 Å². The summed E-state index contributed by atoms with van der Waals surface area (Å²) >= 11 is 0. The molecule has 2 aromatic carbocycles. The maximum atomic E-state index is 12.7. The molecule has 0 atom stereocenters. The van der Waals surface area contributed by atoms with E-state index < -0.39 is 0 Å². The minimum Gasteiger partial charge on any atom is -0.349 e. The smallest absolute Gasteiger partial charge is 0.272 e. The minimum absolute atomic E-state index is 0.0808. The maximum absolute atomic E-state index is 12.7. The number of aromatic nitrogens is 2. The van der Waals surface area contributed by atoms with E-state index in [4.69, 9.17) is 0 Å². The molecule has 7 nitrogen and oxygen atoms in total. The number of aryl methyl sites for hydroxylation is 2. The number of nitrogens with one attached hydrogen (secondary N) is 2. The van der Waals surface area contributed by atoms with Crippen LogP contribution < -0.4 is 16.2 Å². The Kier molecular flexibility index (Phi) is 5.84. The van der Waals surface area contributed by atoms with E-state index in [9.17, 15) is 14.4 Å². The van der Waals surface area contributed by atoms with Crippen molar-refractivity contribution in [2.24, 2.45) is 0 Å². The summed E-state index contributed by atoms with van der Waals surface area (Å²) in [6.45, 7) is 4.11. The van der Waals surface area contributed by atoms with Crippen LogP contribution in [0.3, 0.4) is 0 Å². The third kappa shape index (κ3) is 4.35. The summed E-state index contributed by atoms with van der Waals surface area (Å²) in [5, 5.41) is 5.91. The molecule has 31 heavy (non-hydrogen) atoms. The van der Waals surface area contributed by atoms with Gasteiger partial charge in [0.05, 0.1) is 11.0 Å². The number of amides is 2. The van der Waals surface area contributed by atoms with Crippen LogP contribution in [0.4, 0.5) is 5.69 Å². The number of nitrogens with zero attached hydrogens (tertiary/aromatic N) is 2. The lowest BCUT2D eigenvalue weighted by Crippen LogP contribution is -2.32. The van der Waals surface area contributed by atoms with Crippen LogP contribution in [0.1, 0.15) is 59.0 Å². The number of rotatable bonds is 5. The molecule has 2 amide bonds. The van der Waals surface area contributed by atoms with Gasteiger partial charge < -0.3 is 15.2 Å². The van der Waals surface area contributed by atoms with Crippen LogP contribution in [0.5, 0.6) is 0 Å². The second-order valence-electron chi connectivity index (χ2n) is 7.94. The monoisotopic (exact) mass is 418 g/mol. The number of hydrogen-bond acceptors (Lipinski definition) is 4. The molecule has 2 N–H and O–H groups in total. The van der Waals surface area contributed by atoms with Crippen molar-refractivity contribution in [3.05, 3.63) is 69.6 Å². The van der Waals surface area contributed by atoms with E-state index >= 15 is 0 Å². The first-order valence-electron chi connectivity index (χ1n) is 10.7. The molecule has 3 aromatic rings. The molecule has 1 aromatic heterocycles. The molecule has 0 radical (unpaired) electrons. The Morgan fingerprint density at radius 1 is 1.03 bits per heavy atom. The predicted molar refractivity (Wildman–Crippen MR) is 121 cm³/mol. The van der Waals surface area contributed by atoms with Crippen LogP contribution >= 0.6 is 0 Å². The quantitative estimate of drug-likeness (QED) is 0.661. The van der Waals surface area contributed by atoms with Gasteiger partial charge in [0, 0.05) is 29.4 Å². The Morgan fingerprint density at radius 3 is 2.39 bits per heavy atom. The second kappa shape index (κ2) is 8.71. The van der Waals surface area contributed by atoms with Crippen LogP contribution in [0.15, 0.2) is 47.3 Å². The largest absolute Gasteiger partial charge is 0.349 e. The zero-order valence-electron chi connectivity index (χ0n) is 17.8. The number of fused-ring (bicyclic) bond motifs is 1. The highest BCUT2D eigenvalue weighted by atomic mass is 16.2. The normalized spacial score (nSPS) is 14.0. The Bertz CT molecular complexity index is 1190. The SMILES string of the molecule is CCn1c(=O)c(C)nc2cc(C(=O)Nc3ccc(C(=O)NC4CCCC4)cc3)ccc21. The summed E-state index contributed by atoms with van der Waals surface area (Å²) in [7, 11) is 0. The minimum atomic E-state index is -0.279. The lowest BCUT2D eigenvalue weighted by atomic mass is 10.1. The second-order valence-corrected chi connectivity index (χ2v) is 7.94. The van der Waals surface area contributed by atoms with E-state index in [1.807, 2.05) is 6.92 Å². The van der Waals surface area contributed by atoms with E-state index in [0.717, 1.165) is 25.7 Å². The van der Waals surface area contributed by atoms with E-state index in [1.54, 1.807) is 54.0 Å². The zero-order chi connectivity index (χ0) is 22.0. The Labute approximate surface area is 180 Å². The fourth-order valence-corrected chi connectivity index (χ4v) is 4.08. The Morgan fingerprint density at radius 2 is 1.71 bits per heavy atom. The molecular weight excluding hydrogens is 392 g/mol. The molecule has 0 unspecified atom stereocenters. The molecule has 0 saturated heterocycles. The molecule has 7 heteroatoms. The molecule has 0 bridgehead atoms. The van der Waals surface area contributed by atoms with Crippen molar-refractivity contribution >= 4 is 28.5 Å². The van der Waals surface area contributed by atoms with Gasteiger partial charge in [-0.25, -0.2) is 4.98 Å². The van der Waals surface area contributed by atoms with E-state index in [-0.39, 0.29) is 23.4 Å². The van der Waals surface area contributed by atoms with Crippen molar-refractivity contribution in [1.29, 1.82) is 0 Å². The van der Waals surface area contributed by atoms with Crippen molar-refractivity contribution in [2.45, 2.75) is 52.1 Å². The number of benzene rings is 2. The summed E-state index contributed by atoms with van der Waals surface area (Å²) in [6, 6.07) is 12.3. The Hall–Kier alpha value is -3.48.